The molecule has 20 heavy (non-hydrogen) atoms. The second kappa shape index (κ2) is 7.19. The van der Waals surface area contributed by atoms with Gasteiger partial charge in [-0.15, -0.1) is 0 Å². The lowest BCUT2D eigenvalue weighted by Crippen LogP contribution is -2.46. The number of amides is 1. The van der Waals surface area contributed by atoms with Gasteiger partial charge >= 0.3 is 0 Å². The lowest BCUT2D eigenvalue weighted by Gasteiger charge is -2.26. The Morgan fingerprint density at radius 2 is 2.15 bits per heavy atom. The first kappa shape index (κ1) is 15.5. The summed E-state index contributed by atoms with van der Waals surface area (Å²) in [5.74, 6) is 0.175. The fourth-order valence-electron chi connectivity index (χ4n) is 2.22. The standard InChI is InChI=1S/C13H22BrN5O/c1-9(2)11-10(14)12(18-17-11)13(20)16-5-8-19-6-3-15-4-7-19/h9,15H,3-8H2,1-2H3,(H,16,20)(H,17,18). The zero-order chi connectivity index (χ0) is 14.5. The van der Waals surface area contributed by atoms with Crippen molar-refractivity contribution < 1.29 is 4.79 Å². The van der Waals surface area contributed by atoms with Crippen molar-refractivity contribution in [3.8, 4) is 0 Å². The van der Waals surface area contributed by atoms with Gasteiger partial charge in [-0.2, -0.15) is 5.10 Å². The minimum atomic E-state index is -0.129. The van der Waals surface area contributed by atoms with Crippen LogP contribution in [-0.4, -0.2) is 60.3 Å². The van der Waals surface area contributed by atoms with Gasteiger partial charge in [0.1, 0.15) is 0 Å². The van der Waals surface area contributed by atoms with Crippen molar-refractivity contribution in [3.05, 3.63) is 15.9 Å². The first-order chi connectivity index (χ1) is 9.59. The number of hydrogen-bond donors (Lipinski definition) is 3. The normalized spacial score (nSPS) is 16.6. The van der Waals surface area contributed by atoms with Crippen LogP contribution < -0.4 is 10.6 Å². The molecule has 0 atom stereocenters. The molecule has 0 bridgehead atoms. The van der Waals surface area contributed by atoms with Gasteiger partial charge in [-0.1, -0.05) is 13.8 Å². The summed E-state index contributed by atoms with van der Waals surface area (Å²) in [6.07, 6.45) is 0. The molecule has 112 valence electrons. The molecule has 2 heterocycles. The lowest BCUT2D eigenvalue weighted by molar-refractivity contribution is 0.0941. The van der Waals surface area contributed by atoms with Gasteiger partial charge in [0.15, 0.2) is 5.69 Å². The van der Waals surface area contributed by atoms with Crippen LogP contribution in [0.1, 0.15) is 35.9 Å². The minimum absolute atomic E-state index is 0.129. The van der Waals surface area contributed by atoms with Crippen LogP contribution >= 0.6 is 15.9 Å². The lowest BCUT2D eigenvalue weighted by atomic mass is 10.1. The highest BCUT2D eigenvalue weighted by atomic mass is 79.9. The average Bonchev–Trinajstić information content (AvgIpc) is 2.82. The number of nitrogens with zero attached hydrogens (tertiary/aromatic N) is 2. The van der Waals surface area contributed by atoms with Gasteiger partial charge in [0.25, 0.3) is 5.91 Å². The number of piperazine rings is 1. The summed E-state index contributed by atoms with van der Waals surface area (Å²) < 4.78 is 0.771. The predicted octanol–water partition coefficient (Wildman–Crippen LogP) is 0.931. The van der Waals surface area contributed by atoms with E-state index in [1.54, 1.807) is 0 Å². The highest BCUT2D eigenvalue weighted by molar-refractivity contribution is 9.10. The van der Waals surface area contributed by atoms with E-state index in [1.807, 2.05) is 0 Å². The highest BCUT2D eigenvalue weighted by Crippen LogP contribution is 2.25. The fourth-order valence-corrected chi connectivity index (χ4v) is 3.04. The Kier molecular flexibility index (Phi) is 5.56. The van der Waals surface area contributed by atoms with Crippen molar-refractivity contribution in [2.45, 2.75) is 19.8 Å². The molecule has 1 aliphatic rings. The molecule has 1 fully saturated rings. The van der Waals surface area contributed by atoms with Crippen LogP contribution in [0.2, 0.25) is 0 Å². The molecule has 2 rings (SSSR count). The molecule has 3 N–H and O–H groups in total. The number of halogens is 1. The highest BCUT2D eigenvalue weighted by Gasteiger charge is 2.19. The summed E-state index contributed by atoms with van der Waals surface area (Å²) >= 11 is 3.45. The van der Waals surface area contributed by atoms with Crippen molar-refractivity contribution in [1.29, 1.82) is 0 Å². The molecule has 0 aromatic carbocycles. The van der Waals surface area contributed by atoms with E-state index >= 15 is 0 Å². The third-order valence-corrected chi connectivity index (χ3v) is 4.25. The van der Waals surface area contributed by atoms with E-state index in [1.165, 1.54) is 0 Å². The Morgan fingerprint density at radius 3 is 2.75 bits per heavy atom. The van der Waals surface area contributed by atoms with Crippen LogP contribution in [0.4, 0.5) is 0 Å². The summed E-state index contributed by atoms with van der Waals surface area (Å²) in [6.45, 7) is 9.78. The summed E-state index contributed by atoms with van der Waals surface area (Å²) in [5, 5.41) is 13.2. The van der Waals surface area contributed by atoms with Gasteiger partial charge in [-0.3, -0.25) is 14.8 Å². The number of H-pyrrole nitrogens is 1. The van der Waals surface area contributed by atoms with E-state index in [0.717, 1.165) is 42.9 Å². The number of nitrogens with one attached hydrogen (secondary N) is 3. The Balaban J connectivity index is 1.82. The second-order valence-corrected chi connectivity index (χ2v) is 6.10. The predicted molar refractivity (Wildman–Crippen MR) is 82.0 cm³/mol. The SMILES string of the molecule is CC(C)c1[nH]nc(C(=O)NCCN2CCNCC2)c1Br. The number of carbonyl (C=O) groups excluding carboxylic acids is 1. The number of carbonyl (C=O) groups is 1. The molecule has 6 nitrogen and oxygen atoms in total. The topological polar surface area (TPSA) is 73.0 Å². The maximum absolute atomic E-state index is 12.1. The summed E-state index contributed by atoms with van der Waals surface area (Å²) in [4.78, 5) is 14.4. The first-order valence-electron chi connectivity index (χ1n) is 7.04. The first-order valence-corrected chi connectivity index (χ1v) is 7.84. The van der Waals surface area contributed by atoms with Crippen molar-refractivity contribution in [3.63, 3.8) is 0 Å². The van der Waals surface area contributed by atoms with Gasteiger partial charge < -0.3 is 10.6 Å². The van der Waals surface area contributed by atoms with E-state index < -0.39 is 0 Å². The molecule has 0 spiro atoms. The maximum Gasteiger partial charge on any atom is 0.273 e. The Morgan fingerprint density at radius 1 is 1.45 bits per heavy atom. The van der Waals surface area contributed by atoms with Crippen LogP contribution in [0.25, 0.3) is 0 Å². The molecule has 7 heteroatoms. The Labute approximate surface area is 127 Å². The van der Waals surface area contributed by atoms with Crippen LogP contribution in [0.15, 0.2) is 4.47 Å². The van der Waals surface area contributed by atoms with E-state index in [9.17, 15) is 4.79 Å². The molecule has 1 aromatic heterocycles. The zero-order valence-electron chi connectivity index (χ0n) is 12.0. The Hall–Kier alpha value is -0.920. The molecule has 1 aliphatic heterocycles. The molecule has 1 saturated heterocycles. The van der Waals surface area contributed by atoms with Crippen LogP contribution in [0.5, 0.6) is 0 Å². The summed E-state index contributed by atoms with van der Waals surface area (Å²) in [6, 6.07) is 0. The maximum atomic E-state index is 12.1. The molecule has 0 unspecified atom stereocenters. The third-order valence-electron chi connectivity index (χ3n) is 3.45. The quantitative estimate of drug-likeness (QED) is 0.743. The molecule has 0 radical (unpaired) electrons. The molecular weight excluding hydrogens is 322 g/mol. The van der Waals surface area contributed by atoms with Gasteiger partial charge in [0.2, 0.25) is 0 Å². The van der Waals surface area contributed by atoms with Gasteiger partial charge in [-0.25, -0.2) is 0 Å². The summed E-state index contributed by atoms with van der Waals surface area (Å²) in [7, 11) is 0. The van der Waals surface area contributed by atoms with Crippen molar-refractivity contribution in [1.82, 2.24) is 25.7 Å². The number of rotatable bonds is 5. The molecule has 0 saturated carbocycles. The van der Waals surface area contributed by atoms with E-state index in [-0.39, 0.29) is 5.91 Å². The van der Waals surface area contributed by atoms with Crippen LogP contribution in [0, 0.1) is 0 Å². The second-order valence-electron chi connectivity index (χ2n) is 5.30. The van der Waals surface area contributed by atoms with Crippen LogP contribution in [-0.2, 0) is 0 Å². The molecular formula is C13H22BrN5O. The van der Waals surface area contributed by atoms with Gasteiger partial charge in [-0.05, 0) is 21.8 Å². The van der Waals surface area contributed by atoms with Crippen molar-refractivity contribution in [2.75, 3.05) is 39.3 Å². The summed E-state index contributed by atoms with van der Waals surface area (Å²) in [5.41, 5.74) is 1.39. The number of hydrogen-bond acceptors (Lipinski definition) is 4. The average molecular weight is 344 g/mol. The van der Waals surface area contributed by atoms with Crippen molar-refractivity contribution in [2.24, 2.45) is 0 Å². The molecule has 0 aliphatic carbocycles. The van der Waals surface area contributed by atoms with E-state index in [4.69, 9.17) is 0 Å². The van der Waals surface area contributed by atoms with Crippen LogP contribution in [0.3, 0.4) is 0 Å². The van der Waals surface area contributed by atoms with Gasteiger partial charge in [0.05, 0.1) is 10.2 Å². The Bertz CT molecular complexity index is 454. The smallest absolute Gasteiger partial charge is 0.273 e. The van der Waals surface area contributed by atoms with E-state index in [0.29, 0.717) is 18.2 Å². The number of aromatic amines is 1. The third kappa shape index (κ3) is 3.80. The monoisotopic (exact) mass is 343 g/mol. The zero-order valence-corrected chi connectivity index (χ0v) is 13.6. The minimum Gasteiger partial charge on any atom is -0.349 e. The number of aromatic nitrogens is 2. The van der Waals surface area contributed by atoms with E-state index in [2.05, 4.69) is 55.5 Å². The largest absolute Gasteiger partial charge is 0.349 e. The van der Waals surface area contributed by atoms with Gasteiger partial charge in [0, 0.05) is 39.3 Å². The van der Waals surface area contributed by atoms with Crippen molar-refractivity contribution >= 4 is 21.8 Å². The molecule has 1 amide bonds. The fraction of sp³-hybridized carbons (Fsp3) is 0.692. The molecule has 1 aromatic rings.